The minimum Gasteiger partial charge on any atom is -0.377 e. The summed E-state index contributed by atoms with van der Waals surface area (Å²) in [7, 11) is 0. The highest BCUT2D eigenvalue weighted by molar-refractivity contribution is 5.96. The topological polar surface area (TPSA) is 58.6 Å². The van der Waals surface area contributed by atoms with Crippen LogP contribution in [0.1, 0.15) is 37.0 Å². The van der Waals surface area contributed by atoms with Gasteiger partial charge < -0.3 is 15.0 Å². The predicted octanol–water partition coefficient (Wildman–Crippen LogP) is 2.29. The first-order valence-corrected chi connectivity index (χ1v) is 7.40. The summed E-state index contributed by atoms with van der Waals surface area (Å²) in [5, 5.41) is 2.81. The lowest BCUT2D eigenvalue weighted by atomic mass is 10.1. The average Bonchev–Trinajstić information content (AvgIpc) is 2.48. The zero-order chi connectivity index (χ0) is 15.2. The fourth-order valence-corrected chi connectivity index (χ4v) is 2.34. The standard InChI is InChI=1S/C16H22N2O3/c1-3-4-15(19)17-14-7-5-13(6-8-14)16(20)18-9-10-21-11-12(18)2/h5-8,12H,3-4,9-11H2,1-2H3,(H,17,19). The van der Waals surface area contributed by atoms with E-state index >= 15 is 0 Å². The molecule has 1 atom stereocenters. The van der Waals surface area contributed by atoms with E-state index in [1.165, 1.54) is 0 Å². The summed E-state index contributed by atoms with van der Waals surface area (Å²) in [6, 6.07) is 7.14. The maximum Gasteiger partial charge on any atom is 0.254 e. The van der Waals surface area contributed by atoms with Crippen molar-refractivity contribution in [3.63, 3.8) is 0 Å². The van der Waals surface area contributed by atoms with Crippen molar-refractivity contribution >= 4 is 17.5 Å². The first-order chi connectivity index (χ1) is 10.1. The largest absolute Gasteiger partial charge is 0.377 e. The van der Waals surface area contributed by atoms with Crippen molar-refractivity contribution in [3.8, 4) is 0 Å². The molecular formula is C16H22N2O3. The van der Waals surface area contributed by atoms with Gasteiger partial charge >= 0.3 is 0 Å². The van der Waals surface area contributed by atoms with Gasteiger partial charge in [0.1, 0.15) is 0 Å². The molecule has 0 saturated carbocycles. The lowest BCUT2D eigenvalue weighted by Crippen LogP contribution is -2.47. The van der Waals surface area contributed by atoms with Crippen LogP contribution in [0.25, 0.3) is 0 Å². The molecule has 2 amide bonds. The molecule has 21 heavy (non-hydrogen) atoms. The molecule has 1 N–H and O–H groups in total. The van der Waals surface area contributed by atoms with Crippen molar-refractivity contribution in [1.82, 2.24) is 4.90 Å². The lowest BCUT2D eigenvalue weighted by molar-refractivity contribution is -0.116. The summed E-state index contributed by atoms with van der Waals surface area (Å²) in [5.41, 5.74) is 1.36. The quantitative estimate of drug-likeness (QED) is 0.925. The van der Waals surface area contributed by atoms with Crippen LogP contribution in [0.5, 0.6) is 0 Å². The molecule has 0 aliphatic carbocycles. The number of hydrogen-bond acceptors (Lipinski definition) is 3. The third kappa shape index (κ3) is 4.04. The van der Waals surface area contributed by atoms with Gasteiger partial charge in [0.2, 0.25) is 5.91 Å². The van der Waals surface area contributed by atoms with Gasteiger partial charge in [-0.3, -0.25) is 9.59 Å². The fourth-order valence-electron chi connectivity index (χ4n) is 2.34. The number of rotatable bonds is 4. The number of benzene rings is 1. The highest BCUT2D eigenvalue weighted by Gasteiger charge is 2.24. The molecule has 0 aromatic heterocycles. The Kier molecular flexibility index (Phi) is 5.33. The molecule has 5 nitrogen and oxygen atoms in total. The minimum absolute atomic E-state index is 0.00150. The molecule has 1 heterocycles. The second kappa shape index (κ2) is 7.22. The Morgan fingerprint density at radius 1 is 1.33 bits per heavy atom. The van der Waals surface area contributed by atoms with Crippen LogP contribution in [0.2, 0.25) is 0 Å². The van der Waals surface area contributed by atoms with E-state index in [-0.39, 0.29) is 17.9 Å². The highest BCUT2D eigenvalue weighted by Crippen LogP contribution is 2.15. The summed E-state index contributed by atoms with van der Waals surface area (Å²) in [5.74, 6) is 0.00983. The minimum atomic E-state index is -0.00150. The van der Waals surface area contributed by atoms with Crippen LogP contribution in [0.4, 0.5) is 5.69 Å². The Morgan fingerprint density at radius 3 is 2.67 bits per heavy atom. The van der Waals surface area contributed by atoms with E-state index in [2.05, 4.69) is 5.32 Å². The fraction of sp³-hybridized carbons (Fsp3) is 0.500. The zero-order valence-corrected chi connectivity index (χ0v) is 12.6. The van der Waals surface area contributed by atoms with E-state index in [4.69, 9.17) is 4.74 Å². The van der Waals surface area contributed by atoms with Crippen LogP contribution < -0.4 is 5.32 Å². The molecule has 1 unspecified atom stereocenters. The lowest BCUT2D eigenvalue weighted by Gasteiger charge is -2.33. The number of carbonyl (C=O) groups excluding carboxylic acids is 2. The number of anilines is 1. The van der Waals surface area contributed by atoms with E-state index in [1.807, 2.05) is 18.7 Å². The molecule has 1 aromatic rings. The molecule has 2 rings (SSSR count). The molecule has 1 fully saturated rings. The van der Waals surface area contributed by atoms with Crippen molar-refractivity contribution < 1.29 is 14.3 Å². The monoisotopic (exact) mass is 290 g/mol. The molecule has 1 aliphatic rings. The Hall–Kier alpha value is -1.88. The second-order valence-electron chi connectivity index (χ2n) is 5.30. The van der Waals surface area contributed by atoms with Crippen LogP contribution >= 0.6 is 0 Å². The van der Waals surface area contributed by atoms with Crippen molar-refractivity contribution in [1.29, 1.82) is 0 Å². The number of hydrogen-bond donors (Lipinski definition) is 1. The molecule has 0 radical (unpaired) electrons. The Morgan fingerprint density at radius 2 is 2.05 bits per heavy atom. The molecular weight excluding hydrogens is 268 g/mol. The predicted molar refractivity (Wildman–Crippen MR) is 81.3 cm³/mol. The van der Waals surface area contributed by atoms with E-state index in [9.17, 15) is 9.59 Å². The van der Waals surface area contributed by atoms with Gasteiger partial charge in [-0.1, -0.05) is 6.92 Å². The SMILES string of the molecule is CCCC(=O)Nc1ccc(C(=O)N2CCOCC2C)cc1. The maximum absolute atomic E-state index is 12.4. The molecule has 1 aromatic carbocycles. The summed E-state index contributed by atoms with van der Waals surface area (Å²) in [6.45, 7) is 5.73. The van der Waals surface area contributed by atoms with Crippen molar-refractivity contribution in [3.05, 3.63) is 29.8 Å². The molecule has 1 saturated heterocycles. The third-order valence-electron chi connectivity index (χ3n) is 3.52. The second-order valence-corrected chi connectivity index (χ2v) is 5.30. The van der Waals surface area contributed by atoms with Crippen LogP contribution in [-0.2, 0) is 9.53 Å². The normalized spacial score (nSPS) is 18.4. The molecule has 114 valence electrons. The van der Waals surface area contributed by atoms with Crippen LogP contribution in [-0.4, -0.2) is 42.5 Å². The van der Waals surface area contributed by atoms with Gasteiger partial charge in [0, 0.05) is 24.2 Å². The number of morpholine rings is 1. The summed E-state index contributed by atoms with van der Waals surface area (Å²) in [6.07, 6.45) is 1.32. The van der Waals surface area contributed by atoms with Crippen LogP contribution in [0, 0.1) is 0 Å². The number of nitrogens with zero attached hydrogens (tertiary/aromatic N) is 1. The Labute approximate surface area is 125 Å². The number of carbonyl (C=O) groups is 2. The van der Waals surface area contributed by atoms with Crippen molar-refractivity contribution in [2.24, 2.45) is 0 Å². The molecule has 0 bridgehead atoms. The van der Waals surface area contributed by atoms with E-state index < -0.39 is 0 Å². The number of nitrogens with one attached hydrogen (secondary N) is 1. The number of amides is 2. The van der Waals surface area contributed by atoms with Gasteiger partial charge in [-0.2, -0.15) is 0 Å². The van der Waals surface area contributed by atoms with Gasteiger partial charge in [0.05, 0.1) is 19.3 Å². The Balaban J connectivity index is 2.01. The first kappa shape index (κ1) is 15.5. The summed E-state index contributed by atoms with van der Waals surface area (Å²) >= 11 is 0. The average molecular weight is 290 g/mol. The van der Waals surface area contributed by atoms with E-state index in [1.54, 1.807) is 24.3 Å². The zero-order valence-electron chi connectivity index (χ0n) is 12.6. The van der Waals surface area contributed by atoms with Crippen LogP contribution in [0.3, 0.4) is 0 Å². The smallest absolute Gasteiger partial charge is 0.254 e. The van der Waals surface area contributed by atoms with Gasteiger partial charge in [-0.15, -0.1) is 0 Å². The Bertz CT molecular complexity index is 499. The van der Waals surface area contributed by atoms with Gasteiger partial charge in [-0.25, -0.2) is 0 Å². The maximum atomic E-state index is 12.4. The van der Waals surface area contributed by atoms with Gasteiger partial charge in [0.15, 0.2) is 0 Å². The van der Waals surface area contributed by atoms with Crippen molar-refractivity contribution in [2.45, 2.75) is 32.7 Å². The summed E-state index contributed by atoms with van der Waals surface area (Å²) in [4.78, 5) is 25.8. The molecule has 5 heteroatoms. The first-order valence-electron chi connectivity index (χ1n) is 7.40. The molecule has 0 spiro atoms. The van der Waals surface area contributed by atoms with Gasteiger partial charge in [-0.05, 0) is 37.6 Å². The van der Waals surface area contributed by atoms with Crippen LogP contribution in [0.15, 0.2) is 24.3 Å². The number of ether oxygens (including phenoxy) is 1. The third-order valence-corrected chi connectivity index (χ3v) is 3.52. The van der Waals surface area contributed by atoms with Gasteiger partial charge in [0.25, 0.3) is 5.91 Å². The van der Waals surface area contributed by atoms with E-state index in [0.29, 0.717) is 31.7 Å². The molecule has 1 aliphatic heterocycles. The summed E-state index contributed by atoms with van der Waals surface area (Å²) < 4.78 is 5.34. The van der Waals surface area contributed by atoms with Crippen molar-refractivity contribution in [2.75, 3.05) is 25.1 Å². The van der Waals surface area contributed by atoms with E-state index in [0.717, 1.165) is 12.1 Å². The highest BCUT2D eigenvalue weighted by atomic mass is 16.5.